The molecule has 19 heavy (non-hydrogen) atoms. The zero-order chi connectivity index (χ0) is 14.6. The van der Waals surface area contributed by atoms with Gasteiger partial charge in [-0.05, 0) is 32.9 Å². The third-order valence-electron chi connectivity index (χ3n) is 2.77. The maximum absolute atomic E-state index is 12.1. The summed E-state index contributed by atoms with van der Waals surface area (Å²) in [5.74, 6) is 0.589. The van der Waals surface area contributed by atoms with Gasteiger partial charge in [-0.1, -0.05) is 6.92 Å². The van der Waals surface area contributed by atoms with Crippen LogP contribution < -0.4 is 0 Å². The van der Waals surface area contributed by atoms with Crippen molar-refractivity contribution in [2.45, 2.75) is 51.0 Å². The van der Waals surface area contributed by atoms with Crippen LogP contribution in [0.15, 0.2) is 0 Å². The second kappa shape index (κ2) is 6.50. The lowest BCUT2D eigenvalue weighted by atomic mass is 10.2. The molecule has 5 nitrogen and oxygen atoms in total. The summed E-state index contributed by atoms with van der Waals surface area (Å²) in [5, 5.41) is 0.265. The van der Waals surface area contributed by atoms with Gasteiger partial charge in [0.1, 0.15) is 11.6 Å². The SMILES string of the molecule is CCS[C@@H]1C[C@@H](C(=O)OC)N(C(=O)OC(C)(C)C)C1. The highest BCUT2D eigenvalue weighted by Gasteiger charge is 2.42. The van der Waals surface area contributed by atoms with Gasteiger partial charge in [-0.2, -0.15) is 11.8 Å². The van der Waals surface area contributed by atoms with E-state index < -0.39 is 17.7 Å². The van der Waals surface area contributed by atoms with Crippen LogP contribution in [0.1, 0.15) is 34.1 Å². The standard InChI is InChI=1S/C13H23NO4S/c1-6-19-9-7-10(11(15)17-5)14(8-9)12(16)18-13(2,3)4/h9-10H,6-8H2,1-5H3/t9-,10+/m1/s1. The van der Waals surface area contributed by atoms with Crippen molar-refractivity contribution in [1.29, 1.82) is 0 Å². The number of hydrogen-bond acceptors (Lipinski definition) is 5. The third-order valence-corrected chi connectivity index (χ3v) is 3.91. The van der Waals surface area contributed by atoms with Crippen molar-refractivity contribution in [1.82, 2.24) is 4.90 Å². The molecule has 1 fully saturated rings. The fraction of sp³-hybridized carbons (Fsp3) is 0.846. The molecule has 0 spiro atoms. The molecule has 0 aromatic rings. The lowest BCUT2D eigenvalue weighted by Gasteiger charge is -2.27. The highest BCUT2D eigenvalue weighted by atomic mass is 32.2. The van der Waals surface area contributed by atoms with Crippen LogP contribution in [-0.2, 0) is 14.3 Å². The first-order valence-electron chi connectivity index (χ1n) is 6.47. The Hall–Kier alpha value is -0.910. The number of hydrogen-bond donors (Lipinski definition) is 0. The number of amides is 1. The van der Waals surface area contributed by atoms with E-state index in [2.05, 4.69) is 6.92 Å². The number of carbonyl (C=O) groups is 2. The Labute approximate surface area is 119 Å². The van der Waals surface area contributed by atoms with Gasteiger partial charge in [0.2, 0.25) is 0 Å². The molecule has 1 saturated heterocycles. The monoisotopic (exact) mass is 289 g/mol. The molecule has 1 rings (SSSR count). The average Bonchev–Trinajstić information content (AvgIpc) is 2.70. The van der Waals surface area contributed by atoms with Gasteiger partial charge in [-0.25, -0.2) is 9.59 Å². The van der Waals surface area contributed by atoms with Crippen molar-refractivity contribution in [2.24, 2.45) is 0 Å². The summed E-state index contributed by atoms with van der Waals surface area (Å²) < 4.78 is 10.1. The summed E-state index contributed by atoms with van der Waals surface area (Å²) in [5.41, 5.74) is -0.562. The lowest BCUT2D eigenvalue weighted by molar-refractivity contribution is -0.145. The van der Waals surface area contributed by atoms with Crippen LogP contribution in [0.25, 0.3) is 0 Å². The molecular weight excluding hydrogens is 266 g/mol. The number of carbonyl (C=O) groups excluding carboxylic acids is 2. The fourth-order valence-electron chi connectivity index (χ4n) is 2.04. The molecule has 0 saturated carbocycles. The predicted octanol–water partition coefficient (Wildman–Crippen LogP) is 2.29. The van der Waals surface area contributed by atoms with Crippen molar-refractivity contribution in [3.05, 3.63) is 0 Å². The van der Waals surface area contributed by atoms with Gasteiger partial charge < -0.3 is 9.47 Å². The van der Waals surface area contributed by atoms with Gasteiger partial charge in [0.25, 0.3) is 0 Å². The lowest BCUT2D eigenvalue weighted by Crippen LogP contribution is -2.43. The van der Waals surface area contributed by atoms with E-state index in [9.17, 15) is 9.59 Å². The van der Waals surface area contributed by atoms with Crippen LogP contribution in [0, 0.1) is 0 Å². The van der Waals surface area contributed by atoms with Crippen molar-refractivity contribution in [3.63, 3.8) is 0 Å². The van der Waals surface area contributed by atoms with Gasteiger partial charge in [0.15, 0.2) is 0 Å². The molecule has 0 N–H and O–H groups in total. The summed E-state index contributed by atoms with van der Waals surface area (Å²) in [6.45, 7) is 8.03. The molecule has 0 bridgehead atoms. The molecule has 0 unspecified atom stereocenters. The summed E-state index contributed by atoms with van der Waals surface area (Å²) in [6.07, 6.45) is 0.187. The van der Waals surface area contributed by atoms with E-state index in [1.165, 1.54) is 12.0 Å². The fourth-order valence-corrected chi connectivity index (χ4v) is 3.09. The maximum Gasteiger partial charge on any atom is 0.411 e. The van der Waals surface area contributed by atoms with Crippen LogP contribution in [-0.4, -0.2) is 53.3 Å². The molecule has 0 aromatic heterocycles. The van der Waals surface area contributed by atoms with Gasteiger partial charge in [-0.3, -0.25) is 4.90 Å². The quantitative estimate of drug-likeness (QED) is 0.746. The molecule has 0 radical (unpaired) electrons. The van der Waals surface area contributed by atoms with E-state index in [-0.39, 0.29) is 11.2 Å². The van der Waals surface area contributed by atoms with Gasteiger partial charge >= 0.3 is 12.1 Å². The number of likely N-dealkylation sites (tertiary alicyclic amines) is 1. The van der Waals surface area contributed by atoms with E-state index in [4.69, 9.17) is 9.47 Å². The molecule has 2 atom stereocenters. The summed E-state index contributed by atoms with van der Waals surface area (Å²) in [6, 6.07) is -0.524. The third kappa shape index (κ3) is 4.60. The Bertz CT molecular complexity index is 340. The first-order valence-corrected chi connectivity index (χ1v) is 7.52. The zero-order valence-corrected chi connectivity index (χ0v) is 13.1. The van der Waals surface area contributed by atoms with E-state index in [0.29, 0.717) is 13.0 Å². The number of ether oxygens (including phenoxy) is 2. The molecule has 0 aliphatic carbocycles. The number of thioether (sulfide) groups is 1. The van der Waals surface area contributed by atoms with Crippen LogP contribution in [0.2, 0.25) is 0 Å². The summed E-state index contributed by atoms with van der Waals surface area (Å²) in [7, 11) is 1.34. The number of nitrogens with zero attached hydrogens (tertiary/aromatic N) is 1. The minimum absolute atomic E-state index is 0.265. The van der Waals surface area contributed by atoms with Crippen LogP contribution in [0.4, 0.5) is 4.79 Å². The van der Waals surface area contributed by atoms with Crippen LogP contribution in [0.5, 0.6) is 0 Å². The van der Waals surface area contributed by atoms with E-state index in [1.54, 1.807) is 11.8 Å². The zero-order valence-electron chi connectivity index (χ0n) is 12.3. The summed E-state index contributed by atoms with van der Waals surface area (Å²) in [4.78, 5) is 25.4. The van der Waals surface area contributed by atoms with Crippen LogP contribution >= 0.6 is 11.8 Å². The van der Waals surface area contributed by atoms with E-state index in [1.807, 2.05) is 20.8 Å². The van der Waals surface area contributed by atoms with Crippen molar-refractivity contribution in [2.75, 3.05) is 19.4 Å². The molecule has 0 aromatic carbocycles. The number of methoxy groups -OCH3 is 1. The Morgan fingerprint density at radius 2 is 2.00 bits per heavy atom. The minimum Gasteiger partial charge on any atom is -0.467 e. The Balaban J connectivity index is 2.76. The normalized spacial score (nSPS) is 23.3. The highest BCUT2D eigenvalue weighted by molar-refractivity contribution is 7.99. The Morgan fingerprint density at radius 1 is 1.37 bits per heavy atom. The van der Waals surface area contributed by atoms with Gasteiger partial charge in [-0.15, -0.1) is 0 Å². The van der Waals surface area contributed by atoms with Gasteiger partial charge in [0.05, 0.1) is 7.11 Å². The molecule has 6 heteroatoms. The smallest absolute Gasteiger partial charge is 0.411 e. The van der Waals surface area contributed by atoms with Crippen molar-refractivity contribution >= 4 is 23.8 Å². The average molecular weight is 289 g/mol. The molecule has 1 aliphatic rings. The number of esters is 1. The second-order valence-corrected chi connectivity index (χ2v) is 7.06. The highest BCUT2D eigenvalue weighted by Crippen LogP contribution is 2.29. The Kier molecular flexibility index (Phi) is 5.52. The second-order valence-electron chi connectivity index (χ2n) is 5.48. The topological polar surface area (TPSA) is 55.8 Å². The predicted molar refractivity (Wildman–Crippen MR) is 75.3 cm³/mol. The Morgan fingerprint density at radius 3 is 2.47 bits per heavy atom. The molecule has 1 aliphatic heterocycles. The van der Waals surface area contributed by atoms with Crippen LogP contribution in [0.3, 0.4) is 0 Å². The first kappa shape index (κ1) is 16.1. The van der Waals surface area contributed by atoms with Crippen molar-refractivity contribution in [3.8, 4) is 0 Å². The first-order chi connectivity index (χ1) is 8.78. The largest absolute Gasteiger partial charge is 0.467 e. The minimum atomic E-state index is -0.562. The van der Waals surface area contributed by atoms with E-state index >= 15 is 0 Å². The molecule has 1 heterocycles. The van der Waals surface area contributed by atoms with Gasteiger partial charge in [0, 0.05) is 11.8 Å². The molecule has 1 amide bonds. The maximum atomic E-state index is 12.1. The van der Waals surface area contributed by atoms with Crippen molar-refractivity contribution < 1.29 is 19.1 Å². The molecule has 110 valence electrons. The van der Waals surface area contributed by atoms with E-state index in [0.717, 1.165) is 5.75 Å². The number of rotatable bonds is 3. The molecular formula is C13H23NO4S. The summed E-state index contributed by atoms with van der Waals surface area (Å²) >= 11 is 1.75.